The Morgan fingerprint density at radius 2 is 2.28 bits per heavy atom. The van der Waals surface area contributed by atoms with E-state index in [4.69, 9.17) is 0 Å². The maximum absolute atomic E-state index is 11.9. The van der Waals surface area contributed by atoms with E-state index >= 15 is 0 Å². The fourth-order valence-corrected chi connectivity index (χ4v) is 2.52. The molecule has 0 spiro atoms. The quantitative estimate of drug-likeness (QED) is 0.798. The van der Waals surface area contributed by atoms with Gasteiger partial charge in [-0.1, -0.05) is 6.92 Å². The number of aromatic nitrogens is 4. The highest BCUT2D eigenvalue weighted by molar-refractivity contribution is 7.09. The van der Waals surface area contributed by atoms with Crippen LogP contribution in [0.3, 0.4) is 0 Å². The third kappa shape index (κ3) is 3.22. The largest absolute Gasteiger partial charge is 0.299 e. The van der Waals surface area contributed by atoms with E-state index in [1.807, 2.05) is 12.3 Å². The van der Waals surface area contributed by atoms with Crippen LogP contribution in [0.5, 0.6) is 0 Å². The molecule has 2 aromatic heterocycles. The molecule has 0 atom stereocenters. The van der Waals surface area contributed by atoms with Crippen LogP contribution in [0.15, 0.2) is 11.7 Å². The monoisotopic (exact) mass is 264 g/mol. The van der Waals surface area contributed by atoms with Crippen molar-refractivity contribution >= 4 is 17.1 Å². The molecule has 0 amide bonds. The van der Waals surface area contributed by atoms with E-state index in [2.05, 4.69) is 22.0 Å². The standard InChI is InChI=1S/C12H16N4OS/c1-3-4-16-11(13-8-14-16)5-10(17)6-12-15-9(2)7-18-12/h7-8H,3-6H2,1-2H3. The molecule has 0 radical (unpaired) electrons. The highest BCUT2D eigenvalue weighted by atomic mass is 32.1. The van der Waals surface area contributed by atoms with Crippen molar-refractivity contribution in [2.75, 3.05) is 0 Å². The Labute approximate surface area is 110 Å². The molecule has 2 aromatic rings. The van der Waals surface area contributed by atoms with Crippen molar-refractivity contribution in [3.8, 4) is 0 Å². The lowest BCUT2D eigenvalue weighted by atomic mass is 10.2. The minimum absolute atomic E-state index is 0.134. The van der Waals surface area contributed by atoms with Gasteiger partial charge in [-0.15, -0.1) is 11.3 Å². The van der Waals surface area contributed by atoms with Gasteiger partial charge in [-0.05, 0) is 13.3 Å². The number of thiazole rings is 1. The molecule has 96 valence electrons. The molecule has 6 heteroatoms. The second-order valence-electron chi connectivity index (χ2n) is 4.17. The van der Waals surface area contributed by atoms with Crippen LogP contribution in [-0.2, 0) is 24.2 Å². The van der Waals surface area contributed by atoms with Gasteiger partial charge in [0.1, 0.15) is 22.9 Å². The molecule has 2 rings (SSSR count). The highest BCUT2D eigenvalue weighted by Gasteiger charge is 2.12. The van der Waals surface area contributed by atoms with Gasteiger partial charge in [0.2, 0.25) is 0 Å². The molecule has 2 heterocycles. The summed E-state index contributed by atoms with van der Waals surface area (Å²) in [6.45, 7) is 4.81. The van der Waals surface area contributed by atoms with Gasteiger partial charge < -0.3 is 0 Å². The maximum Gasteiger partial charge on any atom is 0.147 e. The predicted octanol–water partition coefficient (Wildman–Crippen LogP) is 1.81. The molecular formula is C12H16N4OS. The third-order valence-corrected chi connectivity index (χ3v) is 3.47. The average Bonchev–Trinajstić information content (AvgIpc) is 2.90. The number of carbonyl (C=O) groups excluding carboxylic acids is 1. The molecule has 0 unspecified atom stereocenters. The van der Waals surface area contributed by atoms with Crippen LogP contribution in [0.2, 0.25) is 0 Å². The van der Waals surface area contributed by atoms with E-state index in [1.54, 1.807) is 4.68 Å². The summed E-state index contributed by atoms with van der Waals surface area (Å²) in [7, 11) is 0. The van der Waals surface area contributed by atoms with Crippen LogP contribution in [-0.4, -0.2) is 25.5 Å². The summed E-state index contributed by atoms with van der Waals surface area (Å²) in [5.41, 5.74) is 0.969. The Hall–Kier alpha value is -1.56. The number of ketones is 1. The third-order valence-electron chi connectivity index (χ3n) is 2.50. The van der Waals surface area contributed by atoms with Crippen molar-refractivity contribution in [2.24, 2.45) is 0 Å². The molecule has 0 aliphatic carbocycles. The summed E-state index contributed by atoms with van der Waals surface area (Å²) in [6.07, 6.45) is 3.21. The van der Waals surface area contributed by atoms with Gasteiger partial charge in [-0.25, -0.2) is 14.6 Å². The van der Waals surface area contributed by atoms with Gasteiger partial charge in [-0.3, -0.25) is 4.79 Å². The van der Waals surface area contributed by atoms with Gasteiger partial charge in [0.25, 0.3) is 0 Å². The molecule has 0 bridgehead atoms. The van der Waals surface area contributed by atoms with Crippen LogP contribution >= 0.6 is 11.3 Å². The molecule has 0 N–H and O–H groups in total. The van der Waals surface area contributed by atoms with Crippen LogP contribution in [0.1, 0.15) is 29.9 Å². The van der Waals surface area contributed by atoms with E-state index < -0.39 is 0 Å². The first-order chi connectivity index (χ1) is 8.69. The molecule has 0 aliphatic rings. The van der Waals surface area contributed by atoms with Gasteiger partial charge in [0, 0.05) is 17.6 Å². The Morgan fingerprint density at radius 3 is 2.94 bits per heavy atom. The number of hydrogen-bond acceptors (Lipinski definition) is 5. The van der Waals surface area contributed by atoms with E-state index in [0.29, 0.717) is 12.8 Å². The fourth-order valence-electron chi connectivity index (χ4n) is 1.72. The van der Waals surface area contributed by atoms with E-state index in [9.17, 15) is 4.79 Å². The topological polar surface area (TPSA) is 60.7 Å². The Kier molecular flexibility index (Phi) is 4.19. The van der Waals surface area contributed by atoms with Crippen molar-refractivity contribution in [1.29, 1.82) is 0 Å². The Morgan fingerprint density at radius 1 is 1.44 bits per heavy atom. The van der Waals surface area contributed by atoms with Crippen LogP contribution < -0.4 is 0 Å². The van der Waals surface area contributed by atoms with Crippen LogP contribution in [0.25, 0.3) is 0 Å². The zero-order chi connectivity index (χ0) is 13.0. The van der Waals surface area contributed by atoms with Crippen molar-refractivity contribution in [2.45, 2.75) is 39.7 Å². The summed E-state index contributed by atoms with van der Waals surface area (Å²) in [4.78, 5) is 20.4. The first kappa shape index (κ1) is 12.9. The van der Waals surface area contributed by atoms with Crippen molar-refractivity contribution < 1.29 is 4.79 Å². The second kappa shape index (κ2) is 5.86. The summed E-state index contributed by atoms with van der Waals surface area (Å²) in [5.74, 6) is 0.879. The van der Waals surface area contributed by atoms with Gasteiger partial charge >= 0.3 is 0 Å². The first-order valence-electron chi connectivity index (χ1n) is 5.98. The number of nitrogens with zero attached hydrogens (tertiary/aromatic N) is 4. The number of aryl methyl sites for hydroxylation is 2. The zero-order valence-corrected chi connectivity index (χ0v) is 11.4. The number of hydrogen-bond donors (Lipinski definition) is 0. The normalized spacial score (nSPS) is 10.8. The summed E-state index contributed by atoms with van der Waals surface area (Å²) < 4.78 is 1.80. The summed E-state index contributed by atoms with van der Waals surface area (Å²) >= 11 is 1.53. The fraction of sp³-hybridized carbons (Fsp3) is 0.500. The lowest BCUT2D eigenvalue weighted by Gasteiger charge is -2.02. The lowest BCUT2D eigenvalue weighted by Crippen LogP contribution is -2.13. The number of Topliss-reactive ketones (excluding diaryl/α,β-unsaturated/α-hetero) is 1. The lowest BCUT2D eigenvalue weighted by molar-refractivity contribution is -0.117. The second-order valence-corrected chi connectivity index (χ2v) is 5.12. The van der Waals surface area contributed by atoms with Crippen molar-refractivity contribution in [3.05, 3.63) is 28.2 Å². The summed E-state index contributed by atoms with van der Waals surface area (Å²) in [5, 5.41) is 6.95. The Balaban J connectivity index is 1.96. The van der Waals surface area contributed by atoms with Gasteiger partial charge in [0.15, 0.2) is 0 Å². The molecule has 5 nitrogen and oxygen atoms in total. The molecule has 0 aromatic carbocycles. The average molecular weight is 264 g/mol. The first-order valence-corrected chi connectivity index (χ1v) is 6.86. The molecular weight excluding hydrogens is 248 g/mol. The van der Waals surface area contributed by atoms with Crippen molar-refractivity contribution in [1.82, 2.24) is 19.7 Å². The SMILES string of the molecule is CCCn1ncnc1CC(=O)Cc1nc(C)cs1. The van der Waals surface area contributed by atoms with E-state index in [0.717, 1.165) is 29.5 Å². The van der Waals surface area contributed by atoms with Gasteiger partial charge in [-0.2, -0.15) is 5.10 Å². The highest BCUT2D eigenvalue weighted by Crippen LogP contribution is 2.10. The minimum atomic E-state index is 0.134. The zero-order valence-electron chi connectivity index (χ0n) is 10.6. The predicted molar refractivity (Wildman–Crippen MR) is 69.6 cm³/mol. The summed E-state index contributed by atoms with van der Waals surface area (Å²) in [6, 6.07) is 0. The van der Waals surface area contributed by atoms with Crippen LogP contribution in [0.4, 0.5) is 0 Å². The maximum atomic E-state index is 11.9. The van der Waals surface area contributed by atoms with Gasteiger partial charge in [0.05, 0.1) is 12.8 Å². The molecule has 0 saturated carbocycles. The van der Waals surface area contributed by atoms with Crippen molar-refractivity contribution in [3.63, 3.8) is 0 Å². The van der Waals surface area contributed by atoms with E-state index in [1.165, 1.54) is 17.7 Å². The molecule has 0 aliphatic heterocycles. The number of rotatable bonds is 6. The smallest absolute Gasteiger partial charge is 0.147 e. The van der Waals surface area contributed by atoms with E-state index in [-0.39, 0.29) is 5.78 Å². The Bertz CT molecular complexity index is 532. The minimum Gasteiger partial charge on any atom is -0.299 e. The molecule has 0 saturated heterocycles. The number of carbonyl (C=O) groups is 1. The molecule has 0 fully saturated rings. The van der Waals surface area contributed by atoms with Crippen LogP contribution in [0, 0.1) is 6.92 Å². The molecule has 18 heavy (non-hydrogen) atoms.